The minimum atomic E-state index is 0.858. The molecule has 22 heavy (non-hydrogen) atoms. The molecule has 0 aliphatic rings. The second kappa shape index (κ2) is 7.11. The van der Waals surface area contributed by atoms with Crippen LogP contribution in [0.3, 0.4) is 0 Å². The molecule has 0 aliphatic carbocycles. The van der Waals surface area contributed by atoms with Gasteiger partial charge in [-0.1, -0.05) is 42.1 Å². The van der Waals surface area contributed by atoms with Crippen molar-refractivity contribution < 1.29 is 0 Å². The van der Waals surface area contributed by atoms with E-state index in [0.29, 0.717) is 0 Å². The topological polar surface area (TPSA) is 29.0 Å². The Morgan fingerprint density at radius 2 is 1.82 bits per heavy atom. The van der Waals surface area contributed by atoms with Gasteiger partial charge >= 0.3 is 0 Å². The highest BCUT2D eigenvalue weighted by molar-refractivity contribution is 7.98. The normalized spacial score (nSPS) is 11.0. The van der Waals surface area contributed by atoms with Gasteiger partial charge in [-0.3, -0.25) is 0 Å². The number of rotatable bonds is 6. The summed E-state index contributed by atoms with van der Waals surface area (Å²) in [6.45, 7) is 6.26. The maximum atomic E-state index is 4.82. The van der Waals surface area contributed by atoms with Crippen molar-refractivity contribution in [2.75, 3.05) is 18.0 Å². The number of thioether (sulfide) groups is 1. The van der Waals surface area contributed by atoms with Gasteiger partial charge in [0, 0.05) is 18.8 Å². The lowest BCUT2D eigenvalue weighted by atomic mass is 10.2. The average molecular weight is 329 g/mol. The van der Waals surface area contributed by atoms with Crippen LogP contribution in [0.2, 0.25) is 0 Å². The van der Waals surface area contributed by atoms with Crippen molar-refractivity contribution in [3.63, 3.8) is 0 Å². The predicted octanol–water partition coefficient (Wildman–Crippen LogP) is 4.83. The van der Waals surface area contributed by atoms with Crippen molar-refractivity contribution in [2.45, 2.75) is 24.8 Å². The third kappa shape index (κ3) is 3.25. The van der Waals surface area contributed by atoms with Crippen LogP contribution in [0.15, 0.2) is 46.9 Å². The fraction of sp³-hybridized carbons (Fsp3) is 0.294. The summed E-state index contributed by atoms with van der Waals surface area (Å²) in [6, 6.07) is 12.5. The molecule has 0 radical (unpaired) electrons. The van der Waals surface area contributed by atoms with Crippen LogP contribution < -0.4 is 4.90 Å². The van der Waals surface area contributed by atoms with Crippen LogP contribution in [-0.2, 0) is 5.75 Å². The molecule has 0 bridgehead atoms. The molecule has 3 nitrogen and oxygen atoms in total. The first-order chi connectivity index (χ1) is 10.8. The number of thiophene rings is 1. The Balaban J connectivity index is 1.89. The van der Waals surface area contributed by atoms with E-state index in [1.807, 2.05) is 6.07 Å². The van der Waals surface area contributed by atoms with E-state index in [9.17, 15) is 0 Å². The lowest BCUT2D eigenvalue weighted by Crippen LogP contribution is -2.23. The molecule has 3 rings (SSSR count). The van der Waals surface area contributed by atoms with E-state index < -0.39 is 0 Å². The monoisotopic (exact) mass is 329 g/mol. The first-order valence-electron chi connectivity index (χ1n) is 7.48. The highest BCUT2D eigenvalue weighted by Gasteiger charge is 2.13. The maximum Gasteiger partial charge on any atom is 0.190 e. The molecule has 1 aromatic carbocycles. The van der Waals surface area contributed by atoms with Gasteiger partial charge in [0.1, 0.15) is 0 Å². The molecule has 0 N–H and O–H groups in total. The first-order valence-corrected chi connectivity index (χ1v) is 9.35. The molecule has 2 heterocycles. The Hall–Kier alpha value is -1.59. The van der Waals surface area contributed by atoms with Crippen molar-refractivity contribution >= 4 is 39.1 Å². The number of aromatic nitrogens is 2. The van der Waals surface area contributed by atoms with Gasteiger partial charge in [-0.25, -0.2) is 9.97 Å². The van der Waals surface area contributed by atoms with Gasteiger partial charge in [0.25, 0.3) is 0 Å². The van der Waals surface area contributed by atoms with E-state index in [0.717, 1.165) is 35.3 Å². The fourth-order valence-corrected chi connectivity index (χ4v) is 4.00. The SMILES string of the molecule is CCN(CC)c1nc(SCc2ccccc2)nc2ccsc12. The summed E-state index contributed by atoms with van der Waals surface area (Å²) in [4.78, 5) is 11.8. The Kier molecular flexibility index (Phi) is 4.95. The zero-order valence-electron chi connectivity index (χ0n) is 12.8. The van der Waals surface area contributed by atoms with E-state index in [1.54, 1.807) is 23.1 Å². The zero-order chi connectivity index (χ0) is 15.4. The summed E-state index contributed by atoms with van der Waals surface area (Å²) < 4.78 is 1.19. The molecule has 114 valence electrons. The predicted molar refractivity (Wildman–Crippen MR) is 97.0 cm³/mol. The lowest BCUT2D eigenvalue weighted by Gasteiger charge is -2.20. The molecule has 0 saturated carbocycles. The molecule has 0 spiro atoms. The van der Waals surface area contributed by atoms with Crippen LogP contribution in [0.5, 0.6) is 0 Å². The molecule has 0 unspecified atom stereocenters. The summed E-state index contributed by atoms with van der Waals surface area (Å²) in [5, 5.41) is 2.95. The number of benzene rings is 1. The van der Waals surface area contributed by atoms with Crippen LogP contribution in [0, 0.1) is 0 Å². The molecule has 0 atom stereocenters. The van der Waals surface area contributed by atoms with Crippen LogP contribution in [0.4, 0.5) is 5.82 Å². The van der Waals surface area contributed by atoms with Crippen molar-refractivity contribution in [1.29, 1.82) is 0 Å². The second-order valence-electron chi connectivity index (χ2n) is 4.91. The molecule has 2 aromatic heterocycles. The Bertz CT molecular complexity index is 736. The molecular formula is C17H19N3S2. The quantitative estimate of drug-likeness (QED) is 0.478. The summed E-state index contributed by atoms with van der Waals surface area (Å²) in [7, 11) is 0. The van der Waals surface area contributed by atoms with Crippen molar-refractivity contribution in [3.05, 3.63) is 47.3 Å². The van der Waals surface area contributed by atoms with E-state index in [-0.39, 0.29) is 0 Å². The number of nitrogens with zero attached hydrogens (tertiary/aromatic N) is 3. The second-order valence-corrected chi connectivity index (χ2v) is 6.77. The number of fused-ring (bicyclic) bond motifs is 1. The summed E-state index contributed by atoms with van der Waals surface area (Å²) in [5.41, 5.74) is 2.35. The third-order valence-electron chi connectivity index (χ3n) is 3.54. The van der Waals surface area contributed by atoms with E-state index >= 15 is 0 Å². The molecule has 3 aromatic rings. The summed E-state index contributed by atoms with van der Waals surface area (Å²) in [6.07, 6.45) is 0. The van der Waals surface area contributed by atoms with Gasteiger partial charge in [0.15, 0.2) is 11.0 Å². The molecule has 0 aliphatic heterocycles. The lowest BCUT2D eigenvalue weighted by molar-refractivity contribution is 0.832. The van der Waals surface area contributed by atoms with Gasteiger partial charge in [0.05, 0.1) is 10.2 Å². The largest absolute Gasteiger partial charge is 0.356 e. The summed E-state index contributed by atoms with van der Waals surface area (Å²) in [5.74, 6) is 1.97. The average Bonchev–Trinajstić information content (AvgIpc) is 3.03. The van der Waals surface area contributed by atoms with Gasteiger partial charge in [-0.2, -0.15) is 0 Å². The number of anilines is 1. The zero-order valence-corrected chi connectivity index (χ0v) is 14.5. The number of hydrogen-bond donors (Lipinski definition) is 0. The molecule has 5 heteroatoms. The highest BCUT2D eigenvalue weighted by Crippen LogP contribution is 2.31. The summed E-state index contributed by atoms with van der Waals surface area (Å²) >= 11 is 3.42. The minimum Gasteiger partial charge on any atom is -0.356 e. The van der Waals surface area contributed by atoms with Crippen molar-refractivity contribution in [2.24, 2.45) is 0 Å². The van der Waals surface area contributed by atoms with Crippen LogP contribution in [0.25, 0.3) is 10.2 Å². The smallest absolute Gasteiger partial charge is 0.190 e. The van der Waals surface area contributed by atoms with Gasteiger partial charge in [-0.05, 0) is 30.9 Å². The van der Waals surface area contributed by atoms with Crippen LogP contribution in [0.1, 0.15) is 19.4 Å². The fourth-order valence-electron chi connectivity index (χ4n) is 2.35. The first kappa shape index (κ1) is 15.3. The standard InChI is InChI=1S/C17H19N3S2/c1-3-20(4-2)16-15-14(10-11-21-15)18-17(19-16)22-12-13-8-6-5-7-9-13/h5-11H,3-4,12H2,1-2H3. The van der Waals surface area contributed by atoms with Crippen LogP contribution >= 0.6 is 23.1 Å². The van der Waals surface area contributed by atoms with Gasteiger partial charge in [0.2, 0.25) is 0 Å². The Morgan fingerprint density at radius 1 is 1.05 bits per heavy atom. The maximum absolute atomic E-state index is 4.82. The number of hydrogen-bond acceptors (Lipinski definition) is 5. The van der Waals surface area contributed by atoms with Crippen LogP contribution in [-0.4, -0.2) is 23.1 Å². The highest BCUT2D eigenvalue weighted by atomic mass is 32.2. The molecular weight excluding hydrogens is 310 g/mol. The molecule has 0 amide bonds. The van der Waals surface area contributed by atoms with E-state index in [2.05, 4.69) is 54.5 Å². The van der Waals surface area contributed by atoms with E-state index in [1.165, 1.54) is 10.3 Å². The Labute approximate surface area is 139 Å². The molecule has 0 fully saturated rings. The minimum absolute atomic E-state index is 0.858. The van der Waals surface area contributed by atoms with Crippen molar-refractivity contribution in [1.82, 2.24) is 9.97 Å². The van der Waals surface area contributed by atoms with Gasteiger partial charge < -0.3 is 4.90 Å². The third-order valence-corrected chi connectivity index (χ3v) is 5.36. The van der Waals surface area contributed by atoms with Gasteiger partial charge in [-0.15, -0.1) is 11.3 Å². The van der Waals surface area contributed by atoms with Crippen molar-refractivity contribution in [3.8, 4) is 0 Å². The van der Waals surface area contributed by atoms with E-state index in [4.69, 9.17) is 9.97 Å². The molecule has 0 saturated heterocycles. The Morgan fingerprint density at radius 3 is 2.55 bits per heavy atom.